The summed E-state index contributed by atoms with van der Waals surface area (Å²) in [6.45, 7) is 22.7. The smallest absolute Gasteiger partial charge is 0.244 e. The summed E-state index contributed by atoms with van der Waals surface area (Å²) in [6, 6.07) is 0. The third-order valence-corrected chi connectivity index (χ3v) is 6.43. The van der Waals surface area contributed by atoms with Gasteiger partial charge in [0, 0.05) is 6.08 Å². The number of nitrogens with zero attached hydrogens (tertiary/aromatic N) is 1. The van der Waals surface area contributed by atoms with Crippen LogP contribution >= 0.6 is 0 Å². The van der Waals surface area contributed by atoms with Gasteiger partial charge in [-0.1, -0.05) is 40.5 Å². The van der Waals surface area contributed by atoms with E-state index < -0.39 is 0 Å². The van der Waals surface area contributed by atoms with Crippen LogP contribution in [0, 0.1) is 0 Å². The van der Waals surface area contributed by atoms with Crippen LogP contribution in [0.2, 0.25) is 0 Å². The molecular formula is C28H51ClN2O. The summed E-state index contributed by atoms with van der Waals surface area (Å²) in [5.74, 6) is 0.0494. The van der Waals surface area contributed by atoms with Crippen molar-refractivity contribution in [2.24, 2.45) is 0 Å². The van der Waals surface area contributed by atoms with Gasteiger partial charge < -0.3 is 22.2 Å². The standard InChI is InChI=1S/C28H50N2O.ClH/c1-9-30(10-2,11-3)22-21-29-28(31)23-27(8)20-14-19-26(7)18-13-17-25(6)16-12-15-24(4)5;/h15,17,19,23H,9-14,16,18,20-22H2,1-8H3;1H/b25-17+,26-19+,27-23+;. The Morgan fingerprint density at radius 3 is 1.59 bits per heavy atom. The van der Waals surface area contributed by atoms with Gasteiger partial charge in [-0.25, -0.2) is 0 Å². The molecule has 0 radical (unpaired) electrons. The Hall–Kier alpha value is -1.32. The number of nitrogens with one attached hydrogen (secondary N) is 1. The largest absolute Gasteiger partial charge is 1.00 e. The zero-order valence-electron chi connectivity index (χ0n) is 22.3. The highest BCUT2D eigenvalue weighted by Gasteiger charge is 2.19. The van der Waals surface area contributed by atoms with Gasteiger partial charge in [-0.3, -0.25) is 4.79 Å². The molecule has 0 bridgehead atoms. The third kappa shape index (κ3) is 16.3. The molecule has 0 fully saturated rings. The van der Waals surface area contributed by atoms with Crippen LogP contribution in [0.1, 0.15) is 93.9 Å². The summed E-state index contributed by atoms with van der Waals surface area (Å²) in [5, 5.41) is 3.07. The zero-order valence-corrected chi connectivity index (χ0v) is 23.1. The maximum Gasteiger partial charge on any atom is 0.244 e. The van der Waals surface area contributed by atoms with Crippen molar-refractivity contribution in [2.45, 2.75) is 93.9 Å². The molecule has 0 aliphatic heterocycles. The van der Waals surface area contributed by atoms with Crippen molar-refractivity contribution < 1.29 is 21.7 Å². The van der Waals surface area contributed by atoms with Gasteiger partial charge in [-0.2, -0.15) is 0 Å². The van der Waals surface area contributed by atoms with E-state index in [9.17, 15) is 4.79 Å². The summed E-state index contributed by atoms with van der Waals surface area (Å²) in [7, 11) is 0. The number of likely N-dealkylation sites (N-methyl/N-ethyl adjacent to an activating group) is 1. The van der Waals surface area contributed by atoms with Crippen LogP contribution < -0.4 is 17.7 Å². The van der Waals surface area contributed by atoms with Gasteiger partial charge >= 0.3 is 0 Å². The van der Waals surface area contributed by atoms with Crippen molar-refractivity contribution >= 4 is 5.91 Å². The molecule has 32 heavy (non-hydrogen) atoms. The normalized spacial score (nSPS) is 12.9. The van der Waals surface area contributed by atoms with Gasteiger partial charge in [0.25, 0.3) is 0 Å². The van der Waals surface area contributed by atoms with Crippen LogP contribution in [0.25, 0.3) is 0 Å². The van der Waals surface area contributed by atoms with E-state index in [0.29, 0.717) is 0 Å². The maximum absolute atomic E-state index is 12.2. The highest BCUT2D eigenvalue weighted by Crippen LogP contribution is 2.13. The summed E-state index contributed by atoms with van der Waals surface area (Å²) >= 11 is 0. The molecule has 0 saturated carbocycles. The highest BCUT2D eigenvalue weighted by atomic mass is 35.5. The average Bonchev–Trinajstić information content (AvgIpc) is 2.71. The Labute approximate surface area is 206 Å². The molecule has 0 saturated heterocycles. The minimum absolute atomic E-state index is 0. The molecule has 0 aromatic rings. The van der Waals surface area contributed by atoms with E-state index in [2.05, 4.69) is 78.9 Å². The fourth-order valence-electron chi connectivity index (χ4n) is 3.79. The van der Waals surface area contributed by atoms with Gasteiger partial charge in [0.15, 0.2) is 0 Å². The molecule has 0 aliphatic carbocycles. The summed E-state index contributed by atoms with van der Waals surface area (Å²) in [5.41, 5.74) is 5.49. The van der Waals surface area contributed by atoms with E-state index >= 15 is 0 Å². The molecule has 1 amide bonds. The van der Waals surface area contributed by atoms with Crippen LogP contribution in [0.4, 0.5) is 0 Å². The fraction of sp³-hybridized carbons (Fsp3) is 0.679. The first-order chi connectivity index (χ1) is 14.7. The second kappa shape index (κ2) is 19.2. The molecular weight excluding hydrogens is 416 g/mol. The van der Waals surface area contributed by atoms with Gasteiger partial charge in [-0.05, 0) is 93.9 Å². The third-order valence-electron chi connectivity index (χ3n) is 6.43. The van der Waals surface area contributed by atoms with E-state index in [1.54, 1.807) is 6.08 Å². The highest BCUT2D eigenvalue weighted by molar-refractivity contribution is 5.88. The number of halogens is 1. The Morgan fingerprint density at radius 1 is 0.719 bits per heavy atom. The second-order valence-corrected chi connectivity index (χ2v) is 9.29. The molecule has 0 unspecified atom stereocenters. The lowest BCUT2D eigenvalue weighted by molar-refractivity contribution is -0.922. The number of carbonyl (C=O) groups is 1. The van der Waals surface area contributed by atoms with Crippen molar-refractivity contribution in [2.75, 3.05) is 32.7 Å². The molecule has 0 heterocycles. The van der Waals surface area contributed by atoms with E-state index in [1.165, 1.54) is 16.7 Å². The number of hydrogen-bond acceptors (Lipinski definition) is 1. The molecule has 0 aliphatic rings. The molecule has 0 spiro atoms. The molecule has 3 nitrogen and oxygen atoms in total. The van der Waals surface area contributed by atoms with E-state index in [0.717, 1.165) is 81.3 Å². The van der Waals surface area contributed by atoms with Gasteiger partial charge in [0.05, 0.1) is 32.7 Å². The Balaban J connectivity index is 0. The first-order valence-corrected chi connectivity index (χ1v) is 12.4. The second-order valence-electron chi connectivity index (χ2n) is 9.29. The van der Waals surface area contributed by atoms with E-state index in [4.69, 9.17) is 0 Å². The zero-order chi connectivity index (χ0) is 23.7. The predicted octanol–water partition coefficient (Wildman–Crippen LogP) is 4.13. The first kappa shape index (κ1) is 32.9. The number of rotatable bonds is 16. The maximum atomic E-state index is 12.2. The summed E-state index contributed by atoms with van der Waals surface area (Å²) in [6.07, 6.45) is 15.3. The minimum atomic E-state index is 0. The Bertz CT molecular complexity index is 628. The lowest BCUT2D eigenvalue weighted by Crippen LogP contribution is -3.00. The molecule has 0 aromatic heterocycles. The van der Waals surface area contributed by atoms with Crippen molar-refractivity contribution in [3.8, 4) is 0 Å². The van der Waals surface area contributed by atoms with Crippen molar-refractivity contribution in [1.82, 2.24) is 5.32 Å². The van der Waals surface area contributed by atoms with Crippen LogP contribution in [0.3, 0.4) is 0 Å². The van der Waals surface area contributed by atoms with Crippen LogP contribution in [-0.2, 0) is 4.79 Å². The fourth-order valence-corrected chi connectivity index (χ4v) is 3.79. The van der Waals surface area contributed by atoms with Crippen LogP contribution in [-0.4, -0.2) is 43.1 Å². The first-order valence-electron chi connectivity index (χ1n) is 12.4. The topological polar surface area (TPSA) is 29.1 Å². The quantitative estimate of drug-likeness (QED) is 0.207. The predicted molar refractivity (Wildman–Crippen MR) is 138 cm³/mol. The lowest BCUT2D eigenvalue weighted by atomic mass is 10.0. The number of carbonyl (C=O) groups excluding carboxylic acids is 1. The molecule has 0 atom stereocenters. The summed E-state index contributed by atoms with van der Waals surface area (Å²) < 4.78 is 1.07. The van der Waals surface area contributed by atoms with Crippen LogP contribution in [0.15, 0.2) is 46.6 Å². The molecule has 0 rings (SSSR count). The number of quaternary nitrogens is 1. The Morgan fingerprint density at radius 2 is 1.16 bits per heavy atom. The number of amides is 1. The van der Waals surface area contributed by atoms with Gasteiger partial charge in [0.2, 0.25) is 5.91 Å². The molecule has 1 N–H and O–H groups in total. The van der Waals surface area contributed by atoms with Gasteiger partial charge in [-0.15, -0.1) is 0 Å². The van der Waals surface area contributed by atoms with E-state index in [-0.39, 0.29) is 18.3 Å². The number of allylic oxidation sites excluding steroid dienone is 7. The monoisotopic (exact) mass is 466 g/mol. The summed E-state index contributed by atoms with van der Waals surface area (Å²) in [4.78, 5) is 12.2. The van der Waals surface area contributed by atoms with Crippen molar-refractivity contribution in [3.63, 3.8) is 0 Å². The van der Waals surface area contributed by atoms with Crippen LogP contribution in [0.5, 0.6) is 0 Å². The van der Waals surface area contributed by atoms with Crippen molar-refractivity contribution in [1.29, 1.82) is 0 Å². The number of hydrogen-bond donors (Lipinski definition) is 1. The average molecular weight is 467 g/mol. The lowest BCUT2D eigenvalue weighted by Gasteiger charge is -2.35. The Kier molecular flexibility index (Phi) is 19.7. The SMILES string of the molecule is CC[N+](CC)(CC)CCNC(=O)/C=C(\C)CC/C=C(\C)CC/C=C(\C)CCC=C(C)C.[Cl-]. The minimum Gasteiger partial charge on any atom is -1.00 e. The van der Waals surface area contributed by atoms with E-state index in [1.807, 2.05) is 0 Å². The molecule has 186 valence electrons. The molecule has 4 heteroatoms. The van der Waals surface area contributed by atoms with Gasteiger partial charge in [0.1, 0.15) is 0 Å². The molecule has 0 aromatic carbocycles. The van der Waals surface area contributed by atoms with Crippen molar-refractivity contribution in [3.05, 3.63) is 46.6 Å².